The van der Waals surface area contributed by atoms with Crippen molar-refractivity contribution in [2.45, 2.75) is 52.7 Å². The van der Waals surface area contributed by atoms with E-state index in [4.69, 9.17) is 0 Å². The molecule has 0 aliphatic heterocycles. The second-order valence-electron chi connectivity index (χ2n) is 5.66. The minimum Gasteiger partial charge on any atom is -0.314 e. The van der Waals surface area contributed by atoms with E-state index in [-0.39, 0.29) is 0 Å². The van der Waals surface area contributed by atoms with E-state index >= 15 is 0 Å². The predicted octanol–water partition coefficient (Wildman–Crippen LogP) is 2.89. The molecule has 0 bridgehead atoms. The lowest BCUT2D eigenvalue weighted by Crippen LogP contribution is -2.29. The van der Waals surface area contributed by atoms with E-state index in [9.17, 15) is 0 Å². The van der Waals surface area contributed by atoms with Gasteiger partial charge in [-0.15, -0.1) is 10.2 Å². The maximum absolute atomic E-state index is 4.18. The van der Waals surface area contributed by atoms with Crippen LogP contribution in [0.1, 0.15) is 43.8 Å². The highest BCUT2D eigenvalue weighted by molar-refractivity contribution is 5.26. The zero-order chi connectivity index (χ0) is 14.5. The molecule has 1 heterocycles. The van der Waals surface area contributed by atoms with E-state index < -0.39 is 0 Å². The number of nitrogens with zero attached hydrogens (tertiary/aromatic N) is 3. The Balaban J connectivity index is 1.91. The van der Waals surface area contributed by atoms with Crippen molar-refractivity contribution in [2.24, 2.45) is 0 Å². The number of benzene rings is 1. The highest BCUT2D eigenvalue weighted by atomic mass is 15.3. The standard InChI is InChI=1S/C16H24N4/c1-12(2)20-11-18-19-16(20)10-17-14(4)9-15-8-6-5-7-13(15)3/h5-8,11-12,14,17H,9-10H2,1-4H3. The molecule has 0 radical (unpaired) electrons. The van der Waals surface area contributed by atoms with Crippen molar-refractivity contribution >= 4 is 0 Å². The maximum atomic E-state index is 4.18. The first-order valence-electron chi connectivity index (χ1n) is 7.24. The van der Waals surface area contributed by atoms with Crippen molar-refractivity contribution in [3.63, 3.8) is 0 Å². The van der Waals surface area contributed by atoms with Crippen LogP contribution in [0.15, 0.2) is 30.6 Å². The fraction of sp³-hybridized carbons (Fsp3) is 0.500. The summed E-state index contributed by atoms with van der Waals surface area (Å²) in [5, 5.41) is 11.7. The highest BCUT2D eigenvalue weighted by Gasteiger charge is 2.10. The summed E-state index contributed by atoms with van der Waals surface area (Å²) < 4.78 is 2.10. The highest BCUT2D eigenvalue weighted by Crippen LogP contribution is 2.10. The van der Waals surface area contributed by atoms with Crippen LogP contribution in [0.25, 0.3) is 0 Å². The van der Waals surface area contributed by atoms with Crippen LogP contribution in [-0.4, -0.2) is 20.8 Å². The molecule has 0 saturated carbocycles. The van der Waals surface area contributed by atoms with Crippen LogP contribution in [0.3, 0.4) is 0 Å². The fourth-order valence-corrected chi connectivity index (χ4v) is 2.33. The minimum absolute atomic E-state index is 0.397. The summed E-state index contributed by atoms with van der Waals surface area (Å²) in [4.78, 5) is 0. The van der Waals surface area contributed by atoms with Gasteiger partial charge in [0.1, 0.15) is 12.2 Å². The average molecular weight is 272 g/mol. The zero-order valence-corrected chi connectivity index (χ0v) is 12.8. The summed E-state index contributed by atoms with van der Waals surface area (Å²) in [5.74, 6) is 0.997. The summed E-state index contributed by atoms with van der Waals surface area (Å²) in [6.07, 6.45) is 2.83. The van der Waals surface area contributed by atoms with E-state index in [0.29, 0.717) is 12.1 Å². The third-order valence-electron chi connectivity index (χ3n) is 3.60. The summed E-state index contributed by atoms with van der Waals surface area (Å²) in [6, 6.07) is 9.36. The molecule has 1 atom stereocenters. The molecule has 108 valence electrons. The number of nitrogens with one attached hydrogen (secondary N) is 1. The molecule has 20 heavy (non-hydrogen) atoms. The first-order chi connectivity index (χ1) is 9.58. The molecule has 4 nitrogen and oxygen atoms in total. The number of aromatic nitrogens is 3. The van der Waals surface area contributed by atoms with Crippen LogP contribution in [0.2, 0.25) is 0 Å². The lowest BCUT2D eigenvalue weighted by Gasteiger charge is -2.16. The number of rotatable bonds is 6. The first-order valence-corrected chi connectivity index (χ1v) is 7.24. The Hall–Kier alpha value is -1.68. The monoisotopic (exact) mass is 272 g/mol. The number of aryl methyl sites for hydroxylation is 1. The van der Waals surface area contributed by atoms with E-state index in [1.165, 1.54) is 11.1 Å². The zero-order valence-electron chi connectivity index (χ0n) is 12.8. The van der Waals surface area contributed by atoms with Crippen LogP contribution in [0.4, 0.5) is 0 Å². The van der Waals surface area contributed by atoms with Crippen molar-refractivity contribution < 1.29 is 0 Å². The lowest BCUT2D eigenvalue weighted by atomic mass is 10.0. The van der Waals surface area contributed by atoms with Gasteiger partial charge in [-0.05, 0) is 45.2 Å². The molecule has 1 aromatic heterocycles. The van der Waals surface area contributed by atoms with Crippen LogP contribution >= 0.6 is 0 Å². The van der Waals surface area contributed by atoms with Gasteiger partial charge in [0.2, 0.25) is 0 Å². The molecule has 1 N–H and O–H groups in total. The first kappa shape index (κ1) is 14.7. The summed E-state index contributed by atoms with van der Waals surface area (Å²) in [7, 11) is 0. The predicted molar refractivity (Wildman–Crippen MR) is 81.6 cm³/mol. The van der Waals surface area contributed by atoms with E-state index in [1.54, 1.807) is 6.33 Å². The van der Waals surface area contributed by atoms with Crippen molar-refractivity contribution in [1.29, 1.82) is 0 Å². The summed E-state index contributed by atoms with van der Waals surface area (Å²) in [6.45, 7) is 9.42. The van der Waals surface area contributed by atoms with Gasteiger partial charge in [-0.2, -0.15) is 0 Å². The van der Waals surface area contributed by atoms with Gasteiger partial charge in [0.05, 0.1) is 6.54 Å². The molecule has 2 aromatic rings. The van der Waals surface area contributed by atoms with Crippen LogP contribution < -0.4 is 5.32 Å². The molecular formula is C16H24N4. The van der Waals surface area contributed by atoms with Gasteiger partial charge in [0.15, 0.2) is 0 Å². The summed E-state index contributed by atoms with van der Waals surface area (Å²) in [5.41, 5.74) is 2.75. The quantitative estimate of drug-likeness (QED) is 0.879. The number of hydrogen-bond acceptors (Lipinski definition) is 3. The normalized spacial score (nSPS) is 12.8. The Kier molecular flexibility index (Phi) is 4.90. The Bertz CT molecular complexity index is 545. The van der Waals surface area contributed by atoms with Crippen molar-refractivity contribution in [3.05, 3.63) is 47.5 Å². The molecule has 0 fully saturated rings. The van der Waals surface area contributed by atoms with E-state index in [0.717, 1.165) is 18.8 Å². The van der Waals surface area contributed by atoms with Gasteiger partial charge >= 0.3 is 0 Å². The Morgan fingerprint density at radius 2 is 1.95 bits per heavy atom. The molecule has 0 saturated heterocycles. The van der Waals surface area contributed by atoms with Crippen molar-refractivity contribution in [3.8, 4) is 0 Å². The molecule has 0 spiro atoms. The van der Waals surface area contributed by atoms with Crippen LogP contribution in [-0.2, 0) is 13.0 Å². The second-order valence-corrected chi connectivity index (χ2v) is 5.66. The van der Waals surface area contributed by atoms with Gasteiger partial charge in [0, 0.05) is 12.1 Å². The molecule has 0 amide bonds. The topological polar surface area (TPSA) is 42.7 Å². The molecule has 1 unspecified atom stereocenters. The lowest BCUT2D eigenvalue weighted by molar-refractivity contribution is 0.496. The Morgan fingerprint density at radius 3 is 2.65 bits per heavy atom. The largest absolute Gasteiger partial charge is 0.314 e. The third-order valence-corrected chi connectivity index (χ3v) is 3.60. The van der Waals surface area contributed by atoms with E-state index in [1.807, 2.05) is 0 Å². The Labute approximate surface area is 121 Å². The second kappa shape index (κ2) is 6.66. The van der Waals surface area contributed by atoms with Crippen LogP contribution in [0, 0.1) is 6.92 Å². The molecular weight excluding hydrogens is 248 g/mol. The van der Waals surface area contributed by atoms with Crippen molar-refractivity contribution in [1.82, 2.24) is 20.1 Å². The smallest absolute Gasteiger partial charge is 0.147 e. The van der Waals surface area contributed by atoms with Gasteiger partial charge in [-0.25, -0.2) is 0 Å². The minimum atomic E-state index is 0.397. The SMILES string of the molecule is Cc1ccccc1CC(C)NCc1nncn1C(C)C. The summed E-state index contributed by atoms with van der Waals surface area (Å²) >= 11 is 0. The maximum Gasteiger partial charge on any atom is 0.147 e. The fourth-order valence-electron chi connectivity index (χ4n) is 2.33. The van der Waals surface area contributed by atoms with Crippen molar-refractivity contribution in [2.75, 3.05) is 0 Å². The molecule has 4 heteroatoms. The van der Waals surface area contributed by atoms with E-state index in [2.05, 4.69) is 72.0 Å². The molecule has 0 aliphatic rings. The van der Waals surface area contributed by atoms with Crippen LogP contribution in [0.5, 0.6) is 0 Å². The van der Waals surface area contributed by atoms with Gasteiger partial charge in [0.25, 0.3) is 0 Å². The van der Waals surface area contributed by atoms with Gasteiger partial charge in [-0.3, -0.25) is 0 Å². The van der Waals surface area contributed by atoms with Gasteiger partial charge in [-0.1, -0.05) is 24.3 Å². The van der Waals surface area contributed by atoms with Gasteiger partial charge < -0.3 is 9.88 Å². The molecule has 1 aromatic carbocycles. The molecule has 2 rings (SSSR count). The average Bonchev–Trinajstić information content (AvgIpc) is 2.88. The Morgan fingerprint density at radius 1 is 1.20 bits per heavy atom. The third kappa shape index (κ3) is 3.67. The molecule has 0 aliphatic carbocycles. The number of hydrogen-bond donors (Lipinski definition) is 1.